The molecule has 4 rings (SSSR count). The molecule has 1 aliphatic heterocycles. The standard InChI is InChI=1S/C21H29N3O/c25-20(21(11-4-1-5-12-21)24-14-6-7-15-24)22-13-10-17-16-23-19-9-3-2-8-18(17)19/h2-3,8-9,16,23H,1,4-7,10-15H2,(H,22,25). The van der Waals surface area contributed by atoms with Crippen LogP contribution in [0.15, 0.2) is 30.5 Å². The summed E-state index contributed by atoms with van der Waals surface area (Å²) in [5, 5.41) is 4.55. The van der Waals surface area contributed by atoms with Crippen molar-refractivity contribution in [1.29, 1.82) is 0 Å². The van der Waals surface area contributed by atoms with Gasteiger partial charge in [0.25, 0.3) is 0 Å². The van der Waals surface area contributed by atoms with Crippen molar-refractivity contribution in [2.75, 3.05) is 19.6 Å². The zero-order valence-electron chi connectivity index (χ0n) is 15.0. The predicted molar refractivity (Wildman–Crippen MR) is 102 cm³/mol. The largest absolute Gasteiger partial charge is 0.361 e. The number of amides is 1. The van der Waals surface area contributed by atoms with Gasteiger partial charge in [0.2, 0.25) is 5.91 Å². The molecule has 134 valence electrons. The van der Waals surface area contributed by atoms with E-state index < -0.39 is 0 Å². The molecule has 2 aliphatic rings. The molecular weight excluding hydrogens is 310 g/mol. The molecule has 0 bridgehead atoms. The van der Waals surface area contributed by atoms with Gasteiger partial charge in [-0.2, -0.15) is 0 Å². The molecule has 2 aromatic rings. The Morgan fingerprint density at radius 1 is 1.08 bits per heavy atom. The van der Waals surface area contributed by atoms with Crippen molar-refractivity contribution >= 4 is 16.8 Å². The van der Waals surface area contributed by atoms with Crippen molar-refractivity contribution in [2.24, 2.45) is 0 Å². The molecule has 25 heavy (non-hydrogen) atoms. The van der Waals surface area contributed by atoms with E-state index in [1.165, 1.54) is 48.6 Å². The highest BCUT2D eigenvalue weighted by Crippen LogP contribution is 2.36. The lowest BCUT2D eigenvalue weighted by Crippen LogP contribution is -2.59. The summed E-state index contributed by atoms with van der Waals surface area (Å²) >= 11 is 0. The van der Waals surface area contributed by atoms with Crippen LogP contribution in [0.4, 0.5) is 0 Å². The van der Waals surface area contributed by atoms with E-state index in [-0.39, 0.29) is 11.4 Å². The van der Waals surface area contributed by atoms with Gasteiger partial charge in [-0.3, -0.25) is 9.69 Å². The van der Waals surface area contributed by atoms with Crippen molar-refractivity contribution in [3.8, 4) is 0 Å². The number of likely N-dealkylation sites (tertiary alicyclic amines) is 1. The van der Waals surface area contributed by atoms with Crippen LogP contribution in [-0.2, 0) is 11.2 Å². The number of hydrogen-bond donors (Lipinski definition) is 2. The summed E-state index contributed by atoms with van der Waals surface area (Å²) in [6.07, 6.45) is 11.2. The third-order valence-corrected chi connectivity index (χ3v) is 6.17. The molecule has 4 nitrogen and oxygen atoms in total. The number of para-hydroxylation sites is 1. The fourth-order valence-corrected chi connectivity index (χ4v) is 4.78. The number of fused-ring (bicyclic) bond motifs is 1. The normalized spacial score (nSPS) is 20.8. The lowest BCUT2D eigenvalue weighted by molar-refractivity contribution is -0.135. The van der Waals surface area contributed by atoms with Gasteiger partial charge in [0.15, 0.2) is 0 Å². The smallest absolute Gasteiger partial charge is 0.240 e. The van der Waals surface area contributed by atoms with Crippen LogP contribution in [0.3, 0.4) is 0 Å². The molecule has 1 saturated carbocycles. The first-order chi connectivity index (χ1) is 12.3. The summed E-state index contributed by atoms with van der Waals surface area (Å²) in [5.74, 6) is 0.272. The predicted octanol–water partition coefficient (Wildman–Crippen LogP) is 3.63. The maximum atomic E-state index is 13.1. The first kappa shape index (κ1) is 16.6. The summed E-state index contributed by atoms with van der Waals surface area (Å²) in [4.78, 5) is 18.9. The second kappa shape index (κ2) is 7.20. The molecule has 2 fully saturated rings. The molecule has 2 N–H and O–H groups in total. The minimum Gasteiger partial charge on any atom is -0.361 e. The van der Waals surface area contributed by atoms with Gasteiger partial charge >= 0.3 is 0 Å². The fourth-order valence-electron chi connectivity index (χ4n) is 4.78. The van der Waals surface area contributed by atoms with E-state index in [0.717, 1.165) is 38.9 Å². The van der Waals surface area contributed by atoms with Crippen LogP contribution in [0.2, 0.25) is 0 Å². The molecule has 0 spiro atoms. The van der Waals surface area contributed by atoms with Crippen LogP contribution in [-0.4, -0.2) is 41.0 Å². The van der Waals surface area contributed by atoms with Gasteiger partial charge in [0.1, 0.15) is 5.54 Å². The fraction of sp³-hybridized carbons (Fsp3) is 0.571. The average molecular weight is 339 g/mol. The third kappa shape index (κ3) is 3.20. The van der Waals surface area contributed by atoms with Gasteiger partial charge < -0.3 is 10.3 Å². The minimum absolute atomic E-state index is 0.227. The molecule has 4 heteroatoms. The number of carbonyl (C=O) groups is 1. The van der Waals surface area contributed by atoms with Crippen LogP contribution in [0, 0.1) is 0 Å². The molecule has 0 radical (unpaired) electrons. The molecule has 1 saturated heterocycles. The molecule has 1 aliphatic carbocycles. The van der Waals surface area contributed by atoms with Gasteiger partial charge in [-0.25, -0.2) is 0 Å². The van der Waals surface area contributed by atoms with Gasteiger partial charge in [-0.1, -0.05) is 37.5 Å². The molecule has 1 aromatic heterocycles. The highest BCUT2D eigenvalue weighted by molar-refractivity contribution is 5.87. The van der Waals surface area contributed by atoms with Crippen molar-refractivity contribution in [2.45, 2.75) is 56.9 Å². The Hall–Kier alpha value is -1.81. The lowest BCUT2D eigenvalue weighted by Gasteiger charge is -2.43. The van der Waals surface area contributed by atoms with Crippen molar-refractivity contribution in [3.05, 3.63) is 36.0 Å². The van der Waals surface area contributed by atoms with Crippen molar-refractivity contribution < 1.29 is 4.79 Å². The Morgan fingerprint density at radius 2 is 1.84 bits per heavy atom. The van der Waals surface area contributed by atoms with Gasteiger partial charge in [-0.15, -0.1) is 0 Å². The number of nitrogens with one attached hydrogen (secondary N) is 2. The Kier molecular flexibility index (Phi) is 4.80. The Labute approximate surface area is 150 Å². The molecule has 2 heterocycles. The zero-order valence-corrected chi connectivity index (χ0v) is 15.0. The number of benzene rings is 1. The number of hydrogen-bond acceptors (Lipinski definition) is 2. The zero-order chi connectivity index (χ0) is 17.1. The molecule has 0 unspecified atom stereocenters. The van der Waals surface area contributed by atoms with Crippen LogP contribution in [0.1, 0.15) is 50.5 Å². The Balaban J connectivity index is 1.41. The first-order valence-electron chi connectivity index (χ1n) is 9.88. The van der Waals surface area contributed by atoms with Crippen LogP contribution < -0.4 is 5.32 Å². The van der Waals surface area contributed by atoms with Gasteiger partial charge in [0.05, 0.1) is 0 Å². The second-order valence-corrected chi connectivity index (χ2v) is 7.65. The molecule has 1 amide bonds. The average Bonchev–Trinajstić information content (AvgIpc) is 3.33. The SMILES string of the molecule is O=C(NCCc1c[nH]c2ccccc12)C1(N2CCCC2)CCCCC1. The van der Waals surface area contributed by atoms with E-state index in [2.05, 4.69) is 39.6 Å². The van der Waals surface area contributed by atoms with Crippen LogP contribution in [0.5, 0.6) is 0 Å². The van der Waals surface area contributed by atoms with Gasteiger partial charge in [0, 0.05) is 23.6 Å². The van der Waals surface area contributed by atoms with E-state index in [9.17, 15) is 4.79 Å². The van der Waals surface area contributed by atoms with Crippen LogP contribution in [0.25, 0.3) is 10.9 Å². The monoisotopic (exact) mass is 339 g/mol. The van der Waals surface area contributed by atoms with Crippen LogP contribution >= 0.6 is 0 Å². The maximum Gasteiger partial charge on any atom is 0.240 e. The topological polar surface area (TPSA) is 48.1 Å². The second-order valence-electron chi connectivity index (χ2n) is 7.65. The third-order valence-electron chi connectivity index (χ3n) is 6.17. The van der Waals surface area contributed by atoms with E-state index in [0.29, 0.717) is 0 Å². The number of aromatic amines is 1. The van der Waals surface area contributed by atoms with E-state index in [1.54, 1.807) is 0 Å². The number of rotatable bonds is 5. The Morgan fingerprint density at radius 3 is 2.64 bits per heavy atom. The van der Waals surface area contributed by atoms with Crippen molar-refractivity contribution in [3.63, 3.8) is 0 Å². The highest BCUT2D eigenvalue weighted by Gasteiger charge is 2.45. The molecule has 0 atom stereocenters. The highest BCUT2D eigenvalue weighted by atomic mass is 16.2. The number of nitrogens with zero attached hydrogens (tertiary/aromatic N) is 1. The summed E-state index contributed by atoms with van der Waals surface area (Å²) in [7, 11) is 0. The molecular formula is C21H29N3O. The maximum absolute atomic E-state index is 13.1. The first-order valence-corrected chi connectivity index (χ1v) is 9.88. The number of H-pyrrole nitrogens is 1. The lowest BCUT2D eigenvalue weighted by atomic mass is 9.79. The quantitative estimate of drug-likeness (QED) is 0.874. The summed E-state index contributed by atoms with van der Waals surface area (Å²) in [6.45, 7) is 2.90. The summed E-state index contributed by atoms with van der Waals surface area (Å²) in [6, 6.07) is 8.37. The van der Waals surface area contributed by atoms with E-state index in [4.69, 9.17) is 0 Å². The summed E-state index contributed by atoms with van der Waals surface area (Å²) in [5.41, 5.74) is 2.23. The molecule has 1 aromatic carbocycles. The Bertz CT molecular complexity index is 724. The number of carbonyl (C=O) groups excluding carboxylic acids is 1. The van der Waals surface area contributed by atoms with Gasteiger partial charge in [-0.05, 0) is 56.8 Å². The number of aromatic nitrogens is 1. The van der Waals surface area contributed by atoms with Crippen molar-refractivity contribution in [1.82, 2.24) is 15.2 Å². The van der Waals surface area contributed by atoms with E-state index in [1.807, 2.05) is 6.07 Å². The van der Waals surface area contributed by atoms with E-state index >= 15 is 0 Å². The summed E-state index contributed by atoms with van der Waals surface area (Å²) < 4.78 is 0. The minimum atomic E-state index is -0.227.